The molecule has 1 saturated carbocycles. The van der Waals surface area contributed by atoms with Crippen molar-refractivity contribution < 1.29 is 9.72 Å². The minimum Gasteiger partial charge on any atom is -0.398 e. The Bertz CT molecular complexity index is 496. The van der Waals surface area contributed by atoms with E-state index in [1.54, 1.807) is 0 Å². The van der Waals surface area contributed by atoms with Crippen molar-refractivity contribution in [3.63, 3.8) is 0 Å². The number of amides is 1. The Kier molecular flexibility index (Phi) is 3.99. The van der Waals surface area contributed by atoms with Gasteiger partial charge in [0.05, 0.1) is 10.5 Å². The molecule has 0 atom stereocenters. The highest BCUT2D eigenvalue weighted by molar-refractivity contribution is 5.99. The number of nitrogens with two attached hydrogens (primary N) is 1. The van der Waals surface area contributed by atoms with Gasteiger partial charge in [0.2, 0.25) is 0 Å². The van der Waals surface area contributed by atoms with E-state index in [0.717, 1.165) is 25.7 Å². The van der Waals surface area contributed by atoms with Gasteiger partial charge in [-0.3, -0.25) is 14.9 Å². The Balaban J connectivity index is 2.13. The maximum Gasteiger partial charge on any atom is 0.270 e. The van der Waals surface area contributed by atoms with E-state index in [2.05, 4.69) is 5.32 Å². The van der Waals surface area contributed by atoms with Crippen molar-refractivity contribution in [3.05, 3.63) is 33.9 Å². The van der Waals surface area contributed by atoms with Crippen LogP contribution in [-0.4, -0.2) is 16.9 Å². The molecule has 19 heavy (non-hydrogen) atoms. The molecule has 0 bridgehead atoms. The van der Waals surface area contributed by atoms with Crippen molar-refractivity contribution in [1.29, 1.82) is 0 Å². The molecule has 0 heterocycles. The first-order valence-corrected chi connectivity index (χ1v) is 6.42. The lowest BCUT2D eigenvalue weighted by Crippen LogP contribution is -2.36. The number of benzene rings is 1. The molecule has 0 radical (unpaired) electrons. The summed E-state index contributed by atoms with van der Waals surface area (Å²) in [7, 11) is 0. The molecule has 0 saturated heterocycles. The van der Waals surface area contributed by atoms with E-state index < -0.39 is 4.92 Å². The number of carbonyl (C=O) groups is 1. The smallest absolute Gasteiger partial charge is 0.270 e. The number of nitrogens with one attached hydrogen (secondary N) is 1. The summed E-state index contributed by atoms with van der Waals surface area (Å²) >= 11 is 0. The predicted octanol–water partition coefficient (Wildman–Crippen LogP) is 2.24. The van der Waals surface area contributed by atoms with Gasteiger partial charge in [0, 0.05) is 23.9 Å². The van der Waals surface area contributed by atoms with Gasteiger partial charge in [-0.2, -0.15) is 0 Å². The first-order valence-electron chi connectivity index (χ1n) is 6.42. The summed E-state index contributed by atoms with van der Waals surface area (Å²) in [4.78, 5) is 22.3. The van der Waals surface area contributed by atoms with E-state index in [9.17, 15) is 14.9 Å². The van der Waals surface area contributed by atoms with Gasteiger partial charge in [-0.05, 0) is 18.9 Å². The zero-order valence-electron chi connectivity index (χ0n) is 10.6. The molecule has 1 aromatic rings. The zero-order valence-corrected chi connectivity index (χ0v) is 10.6. The highest BCUT2D eigenvalue weighted by atomic mass is 16.6. The summed E-state index contributed by atoms with van der Waals surface area (Å²) in [6.45, 7) is 0. The number of hydrogen-bond donors (Lipinski definition) is 2. The van der Waals surface area contributed by atoms with E-state index in [-0.39, 0.29) is 28.9 Å². The number of carbonyl (C=O) groups excluding carboxylic acids is 1. The second-order valence-electron chi connectivity index (χ2n) is 4.84. The van der Waals surface area contributed by atoms with Crippen LogP contribution in [0.25, 0.3) is 0 Å². The fourth-order valence-corrected chi connectivity index (χ4v) is 2.36. The Hall–Kier alpha value is -2.11. The highest BCUT2D eigenvalue weighted by Gasteiger charge is 2.20. The molecule has 1 fully saturated rings. The molecule has 0 spiro atoms. The first kappa shape index (κ1) is 13.3. The minimum absolute atomic E-state index is 0.122. The number of nitro groups is 1. The summed E-state index contributed by atoms with van der Waals surface area (Å²) in [5.74, 6) is -0.326. The Morgan fingerprint density at radius 1 is 1.32 bits per heavy atom. The van der Waals surface area contributed by atoms with Gasteiger partial charge in [-0.15, -0.1) is 0 Å². The van der Waals surface area contributed by atoms with Crippen LogP contribution in [0.5, 0.6) is 0 Å². The molecule has 3 N–H and O–H groups in total. The fraction of sp³-hybridized carbons (Fsp3) is 0.462. The van der Waals surface area contributed by atoms with E-state index in [1.165, 1.54) is 24.6 Å². The maximum absolute atomic E-state index is 12.1. The van der Waals surface area contributed by atoms with Crippen molar-refractivity contribution in [2.75, 3.05) is 5.73 Å². The maximum atomic E-state index is 12.1. The third-order valence-electron chi connectivity index (χ3n) is 3.43. The van der Waals surface area contributed by atoms with Gasteiger partial charge in [-0.1, -0.05) is 19.3 Å². The summed E-state index contributed by atoms with van der Waals surface area (Å²) in [6, 6.07) is 4.08. The van der Waals surface area contributed by atoms with E-state index in [0.29, 0.717) is 0 Å². The van der Waals surface area contributed by atoms with Gasteiger partial charge < -0.3 is 11.1 Å². The second-order valence-corrected chi connectivity index (χ2v) is 4.84. The van der Waals surface area contributed by atoms with Gasteiger partial charge in [-0.25, -0.2) is 0 Å². The fourth-order valence-electron chi connectivity index (χ4n) is 2.36. The molecule has 1 aromatic carbocycles. The van der Waals surface area contributed by atoms with Crippen molar-refractivity contribution in [1.82, 2.24) is 5.32 Å². The molecule has 0 aliphatic heterocycles. The topological polar surface area (TPSA) is 98.3 Å². The SMILES string of the molecule is Nc1ccc([N+](=O)[O-])cc1C(=O)NC1CCCCC1. The van der Waals surface area contributed by atoms with Crippen LogP contribution in [0.15, 0.2) is 18.2 Å². The Labute approximate surface area is 111 Å². The van der Waals surface area contributed by atoms with E-state index in [4.69, 9.17) is 5.73 Å². The zero-order chi connectivity index (χ0) is 13.8. The average molecular weight is 263 g/mol. The van der Waals surface area contributed by atoms with Crippen molar-refractivity contribution in [2.24, 2.45) is 0 Å². The van der Waals surface area contributed by atoms with Crippen molar-refractivity contribution in [3.8, 4) is 0 Å². The van der Waals surface area contributed by atoms with Crippen LogP contribution >= 0.6 is 0 Å². The molecule has 0 aromatic heterocycles. The predicted molar refractivity (Wildman–Crippen MR) is 71.8 cm³/mol. The first-order chi connectivity index (χ1) is 9.08. The van der Waals surface area contributed by atoms with Crippen LogP contribution in [0.2, 0.25) is 0 Å². The molecule has 0 unspecified atom stereocenters. The van der Waals surface area contributed by atoms with Crippen LogP contribution in [0.4, 0.5) is 11.4 Å². The van der Waals surface area contributed by atoms with Crippen LogP contribution < -0.4 is 11.1 Å². The molecule has 2 rings (SSSR count). The molecule has 6 nitrogen and oxygen atoms in total. The number of hydrogen-bond acceptors (Lipinski definition) is 4. The Morgan fingerprint density at radius 3 is 2.63 bits per heavy atom. The van der Waals surface area contributed by atoms with E-state index >= 15 is 0 Å². The summed E-state index contributed by atoms with van der Waals surface area (Å²) in [6.07, 6.45) is 5.33. The number of nitro benzene ring substituents is 1. The highest BCUT2D eigenvalue weighted by Crippen LogP contribution is 2.21. The number of non-ortho nitro benzene ring substituents is 1. The number of anilines is 1. The molecule has 6 heteroatoms. The molecular formula is C13H17N3O3. The lowest BCUT2D eigenvalue weighted by Gasteiger charge is -2.23. The Morgan fingerprint density at radius 2 is 2.00 bits per heavy atom. The molecule has 1 amide bonds. The lowest BCUT2D eigenvalue weighted by atomic mass is 9.95. The lowest BCUT2D eigenvalue weighted by molar-refractivity contribution is -0.384. The van der Waals surface area contributed by atoms with Gasteiger partial charge >= 0.3 is 0 Å². The third-order valence-corrected chi connectivity index (χ3v) is 3.43. The average Bonchev–Trinajstić information content (AvgIpc) is 2.40. The quantitative estimate of drug-likeness (QED) is 0.496. The van der Waals surface area contributed by atoms with Crippen LogP contribution in [0.3, 0.4) is 0 Å². The summed E-state index contributed by atoms with van der Waals surface area (Å²) < 4.78 is 0. The third kappa shape index (κ3) is 3.21. The summed E-state index contributed by atoms with van der Waals surface area (Å²) in [5.41, 5.74) is 6.03. The van der Waals surface area contributed by atoms with Crippen LogP contribution in [-0.2, 0) is 0 Å². The molecule has 102 valence electrons. The minimum atomic E-state index is -0.531. The number of nitrogens with zero attached hydrogens (tertiary/aromatic N) is 1. The van der Waals surface area contributed by atoms with Gasteiger partial charge in [0.15, 0.2) is 0 Å². The second kappa shape index (κ2) is 5.69. The largest absolute Gasteiger partial charge is 0.398 e. The van der Waals surface area contributed by atoms with Crippen LogP contribution in [0.1, 0.15) is 42.5 Å². The normalized spacial score (nSPS) is 16.0. The van der Waals surface area contributed by atoms with Gasteiger partial charge in [0.1, 0.15) is 0 Å². The molecule has 1 aliphatic rings. The number of rotatable bonds is 3. The van der Waals surface area contributed by atoms with E-state index in [1.807, 2.05) is 0 Å². The summed E-state index contributed by atoms with van der Waals surface area (Å²) in [5, 5.41) is 13.6. The standard InChI is InChI=1S/C13H17N3O3/c14-12-7-6-10(16(18)19)8-11(12)13(17)15-9-4-2-1-3-5-9/h6-9H,1-5,14H2,(H,15,17). The van der Waals surface area contributed by atoms with Crippen LogP contribution in [0, 0.1) is 10.1 Å². The van der Waals surface area contributed by atoms with Gasteiger partial charge in [0.25, 0.3) is 11.6 Å². The molecule has 1 aliphatic carbocycles. The monoisotopic (exact) mass is 263 g/mol. The van der Waals surface area contributed by atoms with Crippen molar-refractivity contribution >= 4 is 17.3 Å². The number of nitrogen functional groups attached to an aromatic ring is 1. The van der Waals surface area contributed by atoms with Crippen molar-refractivity contribution in [2.45, 2.75) is 38.1 Å². The molecular weight excluding hydrogens is 246 g/mol.